The van der Waals surface area contributed by atoms with Gasteiger partial charge in [0.1, 0.15) is 0 Å². The maximum Gasteiger partial charge on any atom is 0.00333 e. The van der Waals surface area contributed by atoms with Crippen LogP contribution >= 0.6 is 0 Å². The molecule has 0 saturated heterocycles. The van der Waals surface area contributed by atoms with Crippen molar-refractivity contribution in [1.82, 2.24) is 0 Å². The van der Waals surface area contributed by atoms with Gasteiger partial charge in [0.25, 0.3) is 0 Å². The van der Waals surface area contributed by atoms with Crippen LogP contribution in [0.15, 0.2) is 60.2 Å². The molecule has 1 aromatic rings. The summed E-state index contributed by atoms with van der Waals surface area (Å²) < 4.78 is 0. The minimum atomic E-state index is 0.573. The van der Waals surface area contributed by atoms with Crippen LogP contribution in [0.25, 0.3) is 11.1 Å². The van der Waals surface area contributed by atoms with Gasteiger partial charge in [-0.1, -0.05) is 81.8 Å². The molecule has 1 aromatic carbocycles. The molecule has 0 heterocycles. The van der Waals surface area contributed by atoms with Gasteiger partial charge >= 0.3 is 0 Å². The van der Waals surface area contributed by atoms with Gasteiger partial charge in [-0.15, -0.1) is 0 Å². The van der Waals surface area contributed by atoms with Gasteiger partial charge < -0.3 is 0 Å². The molecule has 0 aliphatic heterocycles. The third-order valence-electron chi connectivity index (χ3n) is 4.00. The van der Waals surface area contributed by atoms with Gasteiger partial charge in [0.2, 0.25) is 0 Å². The molecule has 0 N–H and O–H groups in total. The van der Waals surface area contributed by atoms with Crippen molar-refractivity contribution in [3.05, 3.63) is 71.3 Å². The molecule has 1 unspecified atom stereocenters. The zero-order valence-corrected chi connectivity index (χ0v) is 13.7. The van der Waals surface area contributed by atoms with Crippen molar-refractivity contribution < 1.29 is 0 Å². The number of allylic oxidation sites excluding steroid dienone is 8. The number of benzene rings is 1. The first-order valence-electron chi connectivity index (χ1n) is 8.22. The molecule has 1 atom stereocenters. The van der Waals surface area contributed by atoms with Crippen LogP contribution < -0.4 is 0 Å². The molecule has 0 nitrogen and oxygen atoms in total. The first kappa shape index (κ1) is 15.6. The van der Waals surface area contributed by atoms with E-state index in [4.69, 9.17) is 0 Å². The van der Waals surface area contributed by atoms with E-state index in [0.29, 0.717) is 5.92 Å². The van der Waals surface area contributed by atoms with Crippen LogP contribution in [0.2, 0.25) is 0 Å². The van der Waals surface area contributed by atoms with E-state index in [9.17, 15) is 0 Å². The number of rotatable bonds is 3. The third-order valence-corrected chi connectivity index (χ3v) is 4.00. The Morgan fingerprint density at radius 1 is 1.10 bits per heavy atom. The highest BCUT2D eigenvalue weighted by Gasteiger charge is 2.29. The van der Waals surface area contributed by atoms with E-state index in [1.54, 1.807) is 0 Å². The molecule has 0 amide bonds. The van der Waals surface area contributed by atoms with Gasteiger partial charge in [-0.25, -0.2) is 0 Å². The Morgan fingerprint density at radius 2 is 1.81 bits per heavy atom. The van der Waals surface area contributed by atoms with E-state index in [1.165, 1.54) is 40.7 Å². The maximum absolute atomic E-state index is 2.36. The Hall–Kier alpha value is -1.82. The molecule has 0 heteroatoms. The fourth-order valence-corrected chi connectivity index (χ4v) is 3.25. The lowest BCUT2D eigenvalue weighted by molar-refractivity contribution is 0.673. The minimum Gasteiger partial charge on any atom is -0.0870 e. The monoisotopic (exact) mass is 278 g/mol. The van der Waals surface area contributed by atoms with E-state index >= 15 is 0 Å². The molecule has 21 heavy (non-hydrogen) atoms. The second-order valence-corrected chi connectivity index (χ2v) is 5.23. The van der Waals surface area contributed by atoms with E-state index in [-0.39, 0.29) is 0 Å². The predicted molar refractivity (Wildman–Crippen MR) is 95.0 cm³/mol. The average molecular weight is 278 g/mol. The minimum absolute atomic E-state index is 0.573. The molecule has 0 spiro atoms. The summed E-state index contributed by atoms with van der Waals surface area (Å²) >= 11 is 0. The lowest BCUT2D eigenvalue weighted by atomic mass is 9.84. The number of fused-ring (bicyclic) bond motifs is 3. The Kier molecular flexibility index (Phi) is 5.38. The molecular formula is C21H26. The van der Waals surface area contributed by atoms with Gasteiger partial charge in [0.15, 0.2) is 0 Å². The van der Waals surface area contributed by atoms with Crippen molar-refractivity contribution in [2.24, 2.45) is 5.92 Å². The Labute approximate surface area is 129 Å². The van der Waals surface area contributed by atoms with Gasteiger partial charge in [0.05, 0.1) is 0 Å². The van der Waals surface area contributed by atoms with E-state index in [0.717, 1.165) is 0 Å². The van der Waals surface area contributed by atoms with Crippen LogP contribution in [-0.4, -0.2) is 0 Å². The highest BCUT2D eigenvalue weighted by molar-refractivity contribution is 6.04. The van der Waals surface area contributed by atoms with Crippen molar-refractivity contribution in [3.63, 3.8) is 0 Å². The van der Waals surface area contributed by atoms with Crippen molar-refractivity contribution >= 4 is 11.1 Å². The summed E-state index contributed by atoms with van der Waals surface area (Å²) in [4.78, 5) is 0. The number of hydrogen-bond acceptors (Lipinski definition) is 0. The molecule has 0 aromatic heterocycles. The van der Waals surface area contributed by atoms with Crippen LogP contribution in [0.1, 0.15) is 51.7 Å². The molecule has 2 aliphatic rings. The highest BCUT2D eigenvalue weighted by atomic mass is 14.3. The first-order chi connectivity index (χ1) is 10.4. The Balaban J connectivity index is 0.000000774. The van der Waals surface area contributed by atoms with E-state index in [2.05, 4.69) is 68.5 Å². The van der Waals surface area contributed by atoms with Crippen LogP contribution in [0, 0.1) is 5.92 Å². The van der Waals surface area contributed by atoms with Crippen molar-refractivity contribution in [2.75, 3.05) is 0 Å². The zero-order chi connectivity index (χ0) is 15.2. The van der Waals surface area contributed by atoms with Gasteiger partial charge in [0, 0.05) is 5.92 Å². The summed E-state index contributed by atoms with van der Waals surface area (Å²) in [6.45, 7) is 8.37. The fraction of sp³-hybridized carbons (Fsp3) is 0.333. The summed E-state index contributed by atoms with van der Waals surface area (Å²) in [5.41, 5.74) is 7.18. The largest absolute Gasteiger partial charge is 0.0870 e. The lowest BCUT2D eigenvalue weighted by Crippen LogP contribution is -2.04. The quantitative estimate of drug-likeness (QED) is 0.598. The van der Waals surface area contributed by atoms with Crippen molar-refractivity contribution in [1.29, 1.82) is 0 Å². The third kappa shape index (κ3) is 2.81. The summed E-state index contributed by atoms with van der Waals surface area (Å²) in [6.07, 6.45) is 13.8. The Bertz CT molecular complexity index is 609. The zero-order valence-electron chi connectivity index (χ0n) is 13.7. The highest BCUT2D eigenvalue weighted by Crippen LogP contribution is 2.48. The van der Waals surface area contributed by atoms with Gasteiger partial charge in [-0.05, 0) is 41.2 Å². The van der Waals surface area contributed by atoms with Crippen molar-refractivity contribution in [2.45, 2.75) is 40.5 Å². The van der Waals surface area contributed by atoms with Crippen LogP contribution in [0.4, 0.5) is 0 Å². The normalized spacial score (nSPS) is 19.0. The lowest BCUT2D eigenvalue weighted by Gasteiger charge is -2.20. The SMILES string of the molecule is C/C=C\C1=C2C(=CC=CC2CCC)c2ccccc21.CC. The molecule has 0 saturated carbocycles. The van der Waals surface area contributed by atoms with Crippen molar-refractivity contribution in [3.8, 4) is 0 Å². The maximum atomic E-state index is 2.36. The number of hydrogen-bond donors (Lipinski definition) is 0. The van der Waals surface area contributed by atoms with Crippen LogP contribution in [0.5, 0.6) is 0 Å². The Morgan fingerprint density at radius 3 is 2.48 bits per heavy atom. The average Bonchev–Trinajstić information content (AvgIpc) is 2.86. The molecule has 3 rings (SSSR count). The summed E-state index contributed by atoms with van der Waals surface area (Å²) in [6, 6.07) is 8.78. The topological polar surface area (TPSA) is 0 Å². The smallest absolute Gasteiger partial charge is 0.00333 e. The molecule has 2 aliphatic carbocycles. The fourth-order valence-electron chi connectivity index (χ4n) is 3.25. The second kappa shape index (κ2) is 7.26. The molecule has 0 fully saturated rings. The summed E-state index contributed by atoms with van der Waals surface area (Å²) in [5, 5.41) is 0. The second-order valence-electron chi connectivity index (χ2n) is 5.23. The first-order valence-corrected chi connectivity index (χ1v) is 8.22. The summed E-state index contributed by atoms with van der Waals surface area (Å²) in [7, 11) is 0. The predicted octanol–water partition coefficient (Wildman–Crippen LogP) is 6.43. The molecule has 0 bridgehead atoms. The van der Waals surface area contributed by atoms with Gasteiger partial charge in [-0.3, -0.25) is 0 Å². The summed E-state index contributed by atoms with van der Waals surface area (Å²) in [5.74, 6) is 0.573. The van der Waals surface area contributed by atoms with E-state index < -0.39 is 0 Å². The van der Waals surface area contributed by atoms with Crippen LogP contribution in [0.3, 0.4) is 0 Å². The molecular weight excluding hydrogens is 252 g/mol. The molecule has 0 radical (unpaired) electrons. The van der Waals surface area contributed by atoms with Gasteiger partial charge in [-0.2, -0.15) is 0 Å². The molecule has 110 valence electrons. The standard InChI is InChI=1S/C19H20.C2H6/c1-3-8-14-10-7-13-18-16-12-6-5-11-15(16)17(9-4-2)19(14)18;1-2/h4-7,9-14H,3,8H2,1-2H3;1-2H3/b9-4-;. The van der Waals surface area contributed by atoms with E-state index in [1.807, 2.05) is 13.8 Å². The van der Waals surface area contributed by atoms with Crippen LogP contribution in [-0.2, 0) is 0 Å².